The summed E-state index contributed by atoms with van der Waals surface area (Å²) < 4.78 is 2.20. The molecule has 0 aliphatic rings. The van der Waals surface area contributed by atoms with Crippen molar-refractivity contribution in [1.29, 1.82) is 0 Å². The van der Waals surface area contributed by atoms with Crippen molar-refractivity contribution in [3.05, 3.63) is 53.6 Å². The summed E-state index contributed by atoms with van der Waals surface area (Å²) in [5, 5.41) is 3.40. The SMILES string of the molecule is CCn1ccnc1CC(NC)c1ccc(C(C)C)cc1. The van der Waals surface area contributed by atoms with Gasteiger partial charge < -0.3 is 9.88 Å². The summed E-state index contributed by atoms with van der Waals surface area (Å²) in [4.78, 5) is 4.47. The summed E-state index contributed by atoms with van der Waals surface area (Å²) in [5.41, 5.74) is 2.71. The van der Waals surface area contributed by atoms with Crippen LogP contribution in [-0.2, 0) is 13.0 Å². The van der Waals surface area contributed by atoms with Crippen LogP contribution in [-0.4, -0.2) is 16.6 Å². The molecule has 1 atom stereocenters. The number of imidazole rings is 1. The van der Waals surface area contributed by atoms with Gasteiger partial charge >= 0.3 is 0 Å². The van der Waals surface area contributed by atoms with Gasteiger partial charge in [0, 0.05) is 31.4 Å². The molecule has 1 unspecified atom stereocenters. The Hall–Kier alpha value is -1.61. The molecule has 0 saturated carbocycles. The Labute approximate surface area is 122 Å². The topological polar surface area (TPSA) is 29.9 Å². The summed E-state index contributed by atoms with van der Waals surface area (Å²) in [6, 6.07) is 9.24. The van der Waals surface area contributed by atoms with Crippen molar-refractivity contribution in [2.45, 2.75) is 45.7 Å². The van der Waals surface area contributed by atoms with Crippen LogP contribution in [0.2, 0.25) is 0 Å². The highest BCUT2D eigenvalue weighted by Crippen LogP contribution is 2.21. The Kier molecular flexibility index (Phi) is 4.96. The summed E-state index contributed by atoms with van der Waals surface area (Å²) in [7, 11) is 2.01. The summed E-state index contributed by atoms with van der Waals surface area (Å²) in [5.74, 6) is 1.72. The van der Waals surface area contributed by atoms with Gasteiger partial charge in [0.2, 0.25) is 0 Å². The van der Waals surface area contributed by atoms with E-state index < -0.39 is 0 Å². The van der Waals surface area contributed by atoms with Crippen LogP contribution in [0.5, 0.6) is 0 Å². The molecule has 0 aliphatic heterocycles. The number of nitrogens with zero attached hydrogens (tertiary/aromatic N) is 2. The highest BCUT2D eigenvalue weighted by atomic mass is 15.1. The zero-order valence-corrected chi connectivity index (χ0v) is 12.9. The van der Waals surface area contributed by atoms with Gasteiger partial charge in [-0.15, -0.1) is 0 Å². The highest BCUT2D eigenvalue weighted by molar-refractivity contribution is 5.27. The van der Waals surface area contributed by atoms with Crippen LogP contribution in [0, 0.1) is 0 Å². The Morgan fingerprint density at radius 3 is 2.35 bits per heavy atom. The number of aromatic nitrogens is 2. The Morgan fingerprint density at radius 1 is 1.15 bits per heavy atom. The van der Waals surface area contributed by atoms with Gasteiger partial charge in [-0.2, -0.15) is 0 Å². The molecule has 1 aromatic carbocycles. The minimum absolute atomic E-state index is 0.309. The van der Waals surface area contributed by atoms with Gasteiger partial charge in [0.1, 0.15) is 5.82 Å². The van der Waals surface area contributed by atoms with Gasteiger partial charge in [0.15, 0.2) is 0 Å². The summed E-state index contributed by atoms with van der Waals surface area (Å²) >= 11 is 0. The van der Waals surface area contributed by atoms with Crippen LogP contribution in [0.4, 0.5) is 0 Å². The fourth-order valence-corrected chi connectivity index (χ4v) is 2.50. The Morgan fingerprint density at radius 2 is 1.80 bits per heavy atom. The molecule has 0 bridgehead atoms. The molecule has 20 heavy (non-hydrogen) atoms. The lowest BCUT2D eigenvalue weighted by Crippen LogP contribution is -2.20. The van der Waals surface area contributed by atoms with Gasteiger partial charge in [-0.3, -0.25) is 0 Å². The first kappa shape index (κ1) is 14.8. The smallest absolute Gasteiger partial charge is 0.110 e. The van der Waals surface area contributed by atoms with E-state index in [9.17, 15) is 0 Å². The zero-order chi connectivity index (χ0) is 14.5. The predicted molar refractivity (Wildman–Crippen MR) is 83.9 cm³/mol. The van der Waals surface area contributed by atoms with Crippen molar-refractivity contribution >= 4 is 0 Å². The predicted octanol–water partition coefficient (Wildman–Crippen LogP) is 3.53. The third kappa shape index (κ3) is 3.28. The second-order valence-electron chi connectivity index (χ2n) is 5.50. The molecule has 0 fully saturated rings. The van der Waals surface area contributed by atoms with Gasteiger partial charge in [0.05, 0.1) is 0 Å². The van der Waals surface area contributed by atoms with E-state index in [0.29, 0.717) is 12.0 Å². The molecule has 0 radical (unpaired) electrons. The second kappa shape index (κ2) is 6.71. The maximum absolute atomic E-state index is 4.47. The molecule has 1 N–H and O–H groups in total. The number of hydrogen-bond donors (Lipinski definition) is 1. The van der Waals surface area contributed by atoms with Crippen LogP contribution in [0.3, 0.4) is 0 Å². The molecule has 2 aromatic rings. The van der Waals surface area contributed by atoms with E-state index in [1.54, 1.807) is 0 Å². The van der Waals surface area contributed by atoms with Crippen LogP contribution in [0.25, 0.3) is 0 Å². The maximum atomic E-state index is 4.47. The molecule has 0 aliphatic carbocycles. The van der Waals surface area contributed by atoms with Gasteiger partial charge in [-0.05, 0) is 31.0 Å². The molecule has 3 heteroatoms. The number of benzene rings is 1. The third-order valence-corrected chi connectivity index (χ3v) is 3.88. The lowest BCUT2D eigenvalue weighted by molar-refractivity contribution is 0.553. The molecule has 108 valence electrons. The average molecular weight is 271 g/mol. The molecule has 0 spiro atoms. The molecule has 1 aromatic heterocycles. The normalized spacial score (nSPS) is 12.8. The first-order valence-corrected chi connectivity index (χ1v) is 7.42. The van der Waals surface area contributed by atoms with E-state index in [2.05, 4.69) is 59.9 Å². The average Bonchev–Trinajstić information content (AvgIpc) is 2.92. The van der Waals surface area contributed by atoms with Crippen LogP contribution < -0.4 is 5.32 Å². The van der Waals surface area contributed by atoms with E-state index in [-0.39, 0.29) is 0 Å². The minimum atomic E-state index is 0.309. The quantitative estimate of drug-likeness (QED) is 0.871. The van der Waals surface area contributed by atoms with Crippen molar-refractivity contribution in [3.63, 3.8) is 0 Å². The monoisotopic (exact) mass is 271 g/mol. The molecular formula is C17H25N3. The fourth-order valence-electron chi connectivity index (χ4n) is 2.50. The second-order valence-corrected chi connectivity index (χ2v) is 5.50. The molecule has 0 amide bonds. The number of likely N-dealkylation sites (N-methyl/N-ethyl adjacent to an activating group) is 1. The largest absolute Gasteiger partial charge is 0.335 e. The van der Waals surface area contributed by atoms with Crippen LogP contribution in [0.15, 0.2) is 36.7 Å². The number of nitrogens with one attached hydrogen (secondary N) is 1. The lowest BCUT2D eigenvalue weighted by atomic mass is 9.97. The fraction of sp³-hybridized carbons (Fsp3) is 0.471. The molecule has 2 rings (SSSR count). The molecule has 1 heterocycles. The van der Waals surface area contributed by atoms with Crippen molar-refractivity contribution in [3.8, 4) is 0 Å². The van der Waals surface area contributed by atoms with Crippen LogP contribution >= 0.6 is 0 Å². The number of aryl methyl sites for hydroxylation is 1. The van der Waals surface area contributed by atoms with Crippen molar-refractivity contribution in [1.82, 2.24) is 14.9 Å². The van der Waals surface area contributed by atoms with E-state index in [1.807, 2.05) is 19.4 Å². The highest BCUT2D eigenvalue weighted by Gasteiger charge is 2.13. The molecule has 3 nitrogen and oxygen atoms in total. The first-order valence-electron chi connectivity index (χ1n) is 7.42. The van der Waals surface area contributed by atoms with Gasteiger partial charge in [0.25, 0.3) is 0 Å². The first-order chi connectivity index (χ1) is 9.65. The van der Waals surface area contributed by atoms with Crippen LogP contribution in [0.1, 0.15) is 49.7 Å². The van der Waals surface area contributed by atoms with Crippen molar-refractivity contribution in [2.75, 3.05) is 7.05 Å². The summed E-state index contributed by atoms with van der Waals surface area (Å²) in [6.07, 6.45) is 4.84. The minimum Gasteiger partial charge on any atom is -0.335 e. The number of hydrogen-bond acceptors (Lipinski definition) is 2. The van der Waals surface area contributed by atoms with Crippen molar-refractivity contribution < 1.29 is 0 Å². The standard InChI is InChI=1S/C17H25N3/c1-5-20-11-10-19-17(20)12-16(18-4)15-8-6-14(7-9-15)13(2)3/h6-11,13,16,18H,5,12H2,1-4H3. The molecular weight excluding hydrogens is 246 g/mol. The maximum Gasteiger partial charge on any atom is 0.110 e. The lowest BCUT2D eigenvalue weighted by Gasteiger charge is -2.18. The van der Waals surface area contributed by atoms with E-state index in [1.165, 1.54) is 11.1 Å². The van der Waals surface area contributed by atoms with Gasteiger partial charge in [-0.25, -0.2) is 4.98 Å². The number of rotatable bonds is 6. The van der Waals surface area contributed by atoms with Gasteiger partial charge in [-0.1, -0.05) is 38.1 Å². The zero-order valence-electron chi connectivity index (χ0n) is 12.9. The third-order valence-electron chi connectivity index (χ3n) is 3.88. The van der Waals surface area contributed by atoms with E-state index in [0.717, 1.165) is 18.8 Å². The Bertz CT molecular complexity index is 525. The van der Waals surface area contributed by atoms with E-state index >= 15 is 0 Å². The Balaban J connectivity index is 2.15. The van der Waals surface area contributed by atoms with Crippen molar-refractivity contribution in [2.24, 2.45) is 0 Å². The summed E-state index contributed by atoms with van der Waals surface area (Å²) in [6.45, 7) is 7.57. The molecule has 0 saturated heterocycles. The van der Waals surface area contributed by atoms with E-state index in [4.69, 9.17) is 0 Å².